The Kier molecular flexibility index (Phi) is 2.84. The Morgan fingerprint density at radius 2 is 2.18 bits per heavy atom. The zero-order chi connectivity index (χ0) is 12.5. The van der Waals surface area contributed by atoms with Crippen LogP contribution in [0.5, 0.6) is 0 Å². The van der Waals surface area contributed by atoms with Crippen LogP contribution in [0.3, 0.4) is 0 Å². The molecule has 7 heteroatoms. The molecule has 2 N–H and O–H groups in total. The summed E-state index contributed by atoms with van der Waals surface area (Å²) in [6, 6.07) is 5.25. The van der Waals surface area contributed by atoms with Gasteiger partial charge in [0.25, 0.3) is 0 Å². The van der Waals surface area contributed by atoms with E-state index in [-0.39, 0.29) is 17.3 Å². The standard InChI is InChI=1S/C10H11N3O3S/c1-17(14,15)6-8-9(10(11)13-16-8)7-4-2-3-5-12-7/h2-5H,6H2,1H3,(H2,11,13). The summed E-state index contributed by atoms with van der Waals surface area (Å²) >= 11 is 0. The van der Waals surface area contributed by atoms with Crippen LogP contribution in [0.25, 0.3) is 11.3 Å². The summed E-state index contributed by atoms with van der Waals surface area (Å²) in [6.45, 7) is 0. The summed E-state index contributed by atoms with van der Waals surface area (Å²) < 4.78 is 27.4. The highest BCUT2D eigenvalue weighted by atomic mass is 32.2. The Bertz CT molecular complexity index is 620. The molecule has 90 valence electrons. The Balaban J connectivity index is 2.51. The maximum absolute atomic E-state index is 11.2. The van der Waals surface area contributed by atoms with E-state index in [1.54, 1.807) is 24.4 Å². The van der Waals surface area contributed by atoms with Crippen molar-refractivity contribution in [2.24, 2.45) is 0 Å². The van der Waals surface area contributed by atoms with Crippen molar-refractivity contribution >= 4 is 15.7 Å². The summed E-state index contributed by atoms with van der Waals surface area (Å²) in [7, 11) is -3.21. The number of nitrogens with zero attached hydrogens (tertiary/aromatic N) is 2. The molecular formula is C10H11N3O3S. The third-order valence-corrected chi connectivity index (χ3v) is 2.89. The van der Waals surface area contributed by atoms with Gasteiger partial charge in [-0.25, -0.2) is 8.42 Å². The van der Waals surface area contributed by atoms with Crippen LogP contribution in [0.15, 0.2) is 28.9 Å². The predicted molar refractivity (Wildman–Crippen MR) is 62.7 cm³/mol. The second-order valence-electron chi connectivity index (χ2n) is 3.65. The quantitative estimate of drug-likeness (QED) is 0.871. The van der Waals surface area contributed by atoms with Gasteiger partial charge in [-0.1, -0.05) is 11.2 Å². The molecule has 0 saturated heterocycles. The molecular weight excluding hydrogens is 242 g/mol. The summed E-state index contributed by atoms with van der Waals surface area (Å²) in [5, 5.41) is 3.58. The van der Waals surface area contributed by atoms with Crippen molar-refractivity contribution in [3.05, 3.63) is 30.2 Å². The van der Waals surface area contributed by atoms with Crippen LogP contribution in [0, 0.1) is 0 Å². The molecule has 0 fully saturated rings. The van der Waals surface area contributed by atoms with Crippen molar-refractivity contribution in [1.29, 1.82) is 0 Å². The number of aromatic nitrogens is 2. The van der Waals surface area contributed by atoms with Gasteiger partial charge in [-0.15, -0.1) is 0 Å². The largest absolute Gasteiger partial charge is 0.380 e. The van der Waals surface area contributed by atoms with Crippen molar-refractivity contribution < 1.29 is 12.9 Å². The minimum absolute atomic E-state index is 0.141. The highest BCUT2D eigenvalue weighted by Gasteiger charge is 2.20. The molecule has 0 spiro atoms. The predicted octanol–water partition coefficient (Wildman–Crippen LogP) is 0.863. The lowest BCUT2D eigenvalue weighted by molar-refractivity contribution is 0.396. The normalized spacial score (nSPS) is 11.6. The molecule has 0 aliphatic heterocycles. The SMILES string of the molecule is CS(=O)(=O)Cc1onc(N)c1-c1ccccn1. The Morgan fingerprint density at radius 1 is 1.41 bits per heavy atom. The minimum Gasteiger partial charge on any atom is -0.380 e. The van der Waals surface area contributed by atoms with Gasteiger partial charge in [0, 0.05) is 12.5 Å². The summed E-state index contributed by atoms with van der Waals surface area (Å²) in [6.07, 6.45) is 2.71. The highest BCUT2D eigenvalue weighted by molar-refractivity contribution is 7.89. The second kappa shape index (κ2) is 4.17. The van der Waals surface area contributed by atoms with Gasteiger partial charge >= 0.3 is 0 Å². The van der Waals surface area contributed by atoms with Gasteiger partial charge in [-0.3, -0.25) is 4.98 Å². The lowest BCUT2D eigenvalue weighted by atomic mass is 10.1. The minimum atomic E-state index is -3.21. The monoisotopic (exact) mass is 253 g/mol. The van der Waals surface area contributed by atoms with Crippen LogP contribution in [-0.2, 0) is 15.6 Å². The maximum Gasteiger partial charge on any atom is 0.176 e. The number of hydrogen-bond acceptors (Lipinski definition) is 6. The molecule has 0 bridgehead atoms. The van der Waals surface area contributed by atoms with Crippen LogP contribution in [-0.4, -0.2) is 24.8 Å². The maximum atomic E-state index is 11.2. The average Bonchev–Trinajstić information content (AvgIpc) is 2.58. The van der Waals surface area contributed by atoms with Gasteiger partial charge in [0.2, 0.25) is 0 Å². The van der Waals surface area contributed by atoms with E-state index in [9.17, 15) is 8.42 Å². The van der Waals surface area contributed by atoms with E-state index in [1.165, 1.54) is 0 Å². The molecule has 2 aromatic rings. The fourth-order valence-corrected chi connectivity index (χ4v) is 2.13. The lowest BCUT2D eigenvalue weighted by Crippen LogP contribution is -2.01. The van der Waals surface area contributed by atoms with E-state index < -0.39 is 9.84 Å². The average molecular weight is 253 g/mol. The van der Waals surface area contributed by atoms with Crippen molar-refractivity contribution in [2.75, 3.05) is 12.0 Å². The van der Waals surface area contributed by atoms with Crippen molar-refractivity contribution in [3.8, 4) is 11.3 Å². The fourth-order valence-electron chi connectivity index (χ4n) is 1.46. The molecule has 17 heavy (non-hydrogen) atoms. The van der Waals surface area contributed by atoms with Crippen molar-refractivity contribution in [1.82, 2.24) is 10.1 Å². The van der Waals surface area contributed by atoms with Gasteiger partial charge in [0.05, 0.1) is 11.3 Å². The third kappa shape index (κ3) is 2.62. The van der Waals surface area contributed by atoms with Crippen molar-refractivity contribution in [3.63, 3.8) is 0 Å². The molecule has 0 saturated carbocycles. The van der Waals surface area contributed by atoms with Gasteiger partial charge in [0.15, 0.2) is 21.4 Å². The molecule has 2 rings (SSSR count). The van der Waals surface area contributed by atoms with E-state index in [2.05, 4.69) is 10.1 Å². The Morgan fingerprint density at radius 3 is 2.76 bits per heavy atom. The van der Waals surface area contributed by atoms with Gasteiger partial charge in [0.1, 0.15) is 5.75 Å². The molecule has 0 unspecified atom stereocenters. The zero-order valence-electron chi connectivity index (χ0n) is 9.12. The van der Waals surface area contributed by atoms with Crippen LogP contribution >= 0.6 is 0 Å². The molecule has 0 aliphatic carbocycles. The molecule has 0 radical (unpaired) electrons. The molecule has 0 aromatic carbocycles. The topological polar surface area (TPSA) is 99.1 Å². The van der Waals surface area contributed by atoms with Crippen molar-refractivity contribution in [2.45, 2.75) is 5.75 Å². The number of hydrogen-bond donors (Lipinski definition) is 1. The number of sulfone groups is 1. The van der Waals surface area contributed by atoms with Crippen LogP contribution < -0.4 is 5.73 Å². The number of nitrogen functional groups attached to an aromatic ring is 1. The first kappa shape index (κ1) is 11.6. The Labute approximate surface area is 98.4 Å². The lowest BCUT2D eigenvalue weighted by Gasteiger charge is -2.00. The smallest absolute Gasteiger partial charge is 0.176 e. The first-order valence-corrected chi connectivity index (χ1v) is 6.86. The first-order chi connectivity index (χ1) is 7.97. The second-order valence-corrected chi connectivity index (χ2v) is 5.79. The van der Waals surface area contributed by atoms with E-state index >= 15 is 0 Å². The zero-order valence-corrected chi connectivity index (χ0v) is 9.94. The first-order valence-electron chi connectivity index (χ1n) is 4.80. The van der Waals surface area contributed by atoms with E-state index in [1.807, 2.05) is 0 Å². The van der Waals surface area contributed by atoms with Gasteiger partial charge in [-0.05, 0) is 12.1 Å². The van der Waals surface area contributed by atoms with E-state index in [4.69, 9.17) is 10.3 Å². The number of pyridine rings is 1. The molecule has 0 aliphatic rings. The van der Waals surface area contributed by atoms with Gasteiger partial charge < -0.3 is 10.3 Å². The molecule has 2 aromatic heterocycles. The number of nitrogens with two attached hydrogens (primary N) is 1. The molecule has 6 nitrogen and oxygen atoms in total. The fraction of sp³-hybridized carbons (Fsp3) is 0.200. The van der Waals surface area contributed by atoms with Crippen LogP contribution in [0.2, 0.25) is 0 Å². The van der Waals surface area contributed by atoms with E-state index in [0.717, 1.165) is 6.26 Å². The summed E-state index contributed by atoms with van der Waals surface area (Å²) in [5.74, 6) is 0.106. The van der Waals surface area contributed by atoms with Crippen LogP contribution in [0.1, 0.15) is 5.76 Å². The summed E-state index contributed by atoms with van der Waals surface area (Å²) in [5.41, 5.74) is 6.64. The van der Waals surface area contributed by atoms with Crippen LogP contribution in [0.4, 0.5) is 5.82 Å². The number of anilines is 1. The molecule has 2 heterocycles. The summed E-state index contributed by atoms with van der Waals surface area (Å²) in [4.78, 5) is 4.10. The van der Waals surface area contributed by atoms with E-state index in [0.29, 0.717) is 11.3 Å². The number of rotatable bonds is 3. The third-order valence-electron chi connectivity index (χ3n) is 2.10. The molecule has 0 atom stereocenters. The van der Waals surface area contributed by atoms with Gasteiger partial charge in [-0.2, -0.15) is 0 Å². The molecule has 0 amide bonds. The highest BCUT2D eigenvalue weighted by Crippen LogP contribution is 2.28. The Hall–Kier alpha value is -1.89.